The van der Waals surface area contributed by atoms with Crippen LogP contribution in [0.2, 0.25) is 0 Å². The molecule has 0 aliphatic rings. The molecule has 0 saturated heterocycles. The van der Waals surface area contributed by atoms with Gasteiger partial charge in [-0.05, 0) is 19.6 Å². The summed E-state index contributed by atoms with van der Waals surface area (Å²) < 4.78 is 1.03. The van der Waals surface area contributed by atoms with Crippen LogP contribution < -0.4 is 0 Å². The number of carbonyl (C=O) groups is 1. The predicted molar refractivity (Wildman–Crippen MR) is 71.5 cm³/mol. The second-order valence-electron chi connectivity index (χ2n) is 2.41. The van der Waals surface area contributed by atoms with Crippen LogP contribution in [0.15, 0.2) is 12.7 Å². The van der Waals surface area contributed by atoms with Crippen molar-refractivity contribution in [3.05, 3.63) is 12.7 Å². The van der Waals surface area contributed by atoms with Gasteiger partial charge in [0.25, 0.3) is 0 Å². The molecule has 0 bridgehead atoms. The summed E-state index contributed by atoms with van der Waals surface area (Å²) in [6.07, 6.45) is 0.833. The highest BCUT2D eigenvalue weighted by Crippen LogP contribution is 2.07. The fraction of sp³-hybridized carbons (Fsp3) is 0.600. The molecule has 88 valence electrons. The lowest BCUT2D eigenvalue weighted by atomic mass is 10.6. The first-order valence-electron chi connectivity index (χ1n) is 4.80. The quantitative estimate of drug-likeness (QED) is 0.612. The maximum absolute atomic E-state index is 9.25. The van der Waals surface area contributed by atoms with Crippen molar-refractivity contribution in [2.24, 2.45) is 0 Å². The lowest BCUT2D eigenvalue weighted by Gasteiger charge is -2.20. The molecule has 0 spiro atoms. The number of thioether (sulfide) groups is 1. The molecule has 0 atom stereocenters. The summed E-state index contributed by atoms with van der Waals surface area (Å²) in [4.78, 5) is 11.4. The van der Waals surface area contributed by atoms with E-state index in [1.54, 1.807) is 11.8 Å². The fourth-order valence-corrected chi connectivity index (χ4v) is 2.00. The van der Waals surface area contributed by atoms with E-state index >= 15 is 0 Å². The second-order valence-corrected chi connectivity index (χ2v) is 4.31. The highest BCUT2D eigenvalue weighted by molar-refractivity contribution is 8.22. The smallest absolute Gasteiger partial charge is 0.327 e. The molecule has 0 aromatic rings. The molecule has 5 heteroatoms. The Labute approximate surface area is 102 Å². The topological polar surface area (TPSA) is 40.5 Å². The molecular weight excluding hydrogens is 230 g/mol. The third-order valence-electron chi connectivity index (χ3n) is 1.46. The van der Waals surface area contributed by atoms with Gasteiger partial charge in [-0.2, -0.15) is 0 Å². The zero-order valence-electron chi connectivity index (χ0n) is 9.52. The van der Waals surface area contributed by atoms with Crippen molar-refractivity contribution in [1.29, 1.82) is 0 Å². The molecule has 0 rings (SSSR count). The fourth-order valence-electron chi connectivity index (χ4n) is 0.697. The molecule has 0 unspecified atom stereocenters. The summed E-state index contributed by atoms with van der Waals surface area (Å²) in [6.45, 7) is 11.4. The molecule has 0 amide bonds. The summed E-state index contributed by atoms with van der Waals surface area (Å²) in [5.41, 5.74) is 0. The van der Waals surface area contributed by atoms with E-state index in [0.717, 1.165) is 29.2 Å². The van der Waals surface area contributed by atoms with Crippen molar-refractivity contribution >= 4 is 34.3 Å². The van der Waals surface area contributed by atoms with Crippen molar-refractivity contribution in [2.75, 3.05) is 18.8 Å². The van der Waals surface area contributed by atoms with Crippen LogP contribution in [0.1, 0.15) is 20.8 Å². The number of hydrogen-bond acceptors (Lipinski definition) is 3. The van der Waals surface area contributed by atoms with Gasteiger partial charge in [0.05, 0.1) is 0 Å². The SMILES string of the molecule is C=CC(=O)O.CCSC(=S)N(CC)CC. The van der Waals surface area contributed by atoms with Crippen LogP contribution in [-0.2, 0) is 4.79 Å². The van der Waals surface area contributed by atoms with Crippen molar-refractivity contribution in [3.63, 3.8) is 0 Å². The first-order valence-corrected chi connectivity index (χ1v) is 6.19. The lowest BCUT2D eigenvalue weighted by Crippen LogP contribution is -2.26. The van der Waals surface area contributed by atoms with Gasteiger partial charge in [-0.3, -0.25) is 0 Å². The Balaban J connectivity index is 0. The molecule has 0 aliphatic carbocycles. The van der Waals surface area contributed by atoms with Crippen LogP contribution in [0.25, 0.3) is 0 Å². The van der Waals surface area contributed by atoms with Gasteiger partial charge in [0.1, 0.15) is 4.32 Å². The molecule has 0 heterocycles. The van der Waals surface area contributed by atoms with Gasteiger partial charge >= 0.3 is 5.97 Å². The number of rotatable bonds is 4. The molecule has 0 saturated carbocycles. The van der Waals surface area contributed by atoms with E-state index in [-0.39, 0.29) is 0 Å². The number of nitrogens with zero attached hydrogens (tertiary/aromatic N) is 1. The van der Waals surface area contributed by atoms with E-state index in [9.17, 15) is 4.79 Å². The first kappa shape index (κ1) is 16.9. The Kier molecular flexibility index (Phi) is 13.0. The Hall–Kier alpha value is -0.550. The zero-order valence-corrected chi connectivity index (χ0v) is 11.2. The van der Waals surface area contributed by atoms with Crippen molar-refractivity contribution in [3.8, 4) is 0 Å². The van der Waals surface area contributed by atoms with Gasteiger partial charge in [-0.15, -0.1) is 0 Å². The predicted octanol–water partition coefficient (Wildman–Crippen LogP) is 2.62. The van der Waals surface area contributed by atoms with Crippen LogP contribution in [0, 0.1) is 0 Å². The average Bonchev–Trinajstić information content (AvgIpc) is 2.21. The number of carboxylic acid groups (broad SMARTS) is 1. The molecule has 0 radical (unpaired) electrons. The van der Waals surface area contributed by atoms with Crippen LogP contribution in [-0.4, -0.2) is 39.1 Å². The van der Waals surface area contributed by atoms with Gasteiger partial charge in [0, 0.05) is 19.2 Å². The van der Waals surface area contributed by atoms with Gasteiger partial charge in [0.15, 0.2) is 0 Å². The van der Waals surface area contributed by atoms with Gasteiger partial charge in [0.2, 0.25) is 0 Å². The number of thiocarbonyl (C=S) groups is 1. The summed E-state index contributed by atoms with van der Waals surface area (Å²) >= 11 is 6.91. The van der Waals surface area contributed by atoms with Crippen LogP contribution in [0.3, 0.4) is 0 Å². The molecule has 15 heavy (non-hydrogen) atoms. The summed E-state index contributed by atoms with van der Waals surface area (Å²) in [7, 11) is 0. The number of carboxylic acids is 1. The molecule has 0 fully saturated rings. The first-order chi connectivity index (χ1) is 7.03. The second kappa shape index (κ2) is 11.5. The lowest BCUT2D eigenvalue weighted by molar-refractivity contribution is -0.131. The molecule has 3 nitrogen and oxygen atoms in total. The summed E-state index contributed by atoms with van der Waals surface area (Å²) in [6, 6.07) is 0. The Morgan fingerprint density at radius 2 is 1.87 bits per heavy atom. The van der Waals surface area contributed by atoms with Crippen LogP contribution in [0.4, 0.5) is 0 Å². The standard InChI is InChI=1S/C7H15NS2.C3H4O2/c1-4-8(5-2)7(9)10-6-3;1-2-3(4)5/h4-6H2,1-3H3;2H,1H2,(H,4,5). The zero-order chi connectivity index (χ0) is 12.3. The van der Waals surface area contributed by atoms with E-state index in [1.165, 1.54) is 0 Å². The monoisotopic (exact) mass is 249 g/mol. The highest BCUT2D eigenvalue weighted by Gasteiger charge is 2.02. The van der Waals surface area contributed by atoms with Crippen molar-refractivity contribution in [2.45, 2.75) is 20.8 Å². The largest absolute Gasteiger partial charge is 0.478 e. The Morgan fingerprint density at radius 1 is 1.47 bits per heavy atom. The van der Waals surface area contributed by atoms with E-state index < -0.39 is 5.97 Å². The minimum absolute atomic E-state index is 0.833. The molecular formula is C10H19NO2S2. The van der Waals surface area contributed by atoms with E-state index in [0.29, 0.717) is 0 Å². The third-order valence-corrected chi connectivity index (χ3v) is 2.87. The molecule has 0 aromatic heterocycles. The average molecular weight is 249 g/mol. The summed E-state index contributed by atoms with van der Waals surface area (Å²) in [5.74, 6) is 0.0972. The minimum Gasteiger partial charge on any atom is -0.478 e. The maximum Gasteiger partial charge on any atom is 0.327 e. The van der Waals surface area contributed by atoms with Gasteiger partial charge in [-0.1, -0.05) is 37.5 Å². The van der Waals surface area contributed by atoms with Crippen LogP contribution in [0.5, 0.6) is 0 Å². The molecule has 1 N–H and O–H groups in total. The Bertz CT molecular complexity index is 204. The molecule has 0 aliphatic heterocycles. The van der Waals surface area contributed by atoms with Crippen LogP contribution >= 0.6 is 24.0 Å². The van der Waals surface area contributed by atoms with Crippen molar-refractivity contribution < 1.29 is 9.90 Å². The van der Waals surface area contributed by atoms with E-state index in [1.807, 2.05) is 0 Å². The summed E-state index contributed by atoms with van der Waals surface area (Å²) in [5, 5.41) is 7.60. The van der Waals surface area contributed by atoms with E-state index in [4.69, 9.17) is 17.3 Å². The van der Waals surface area contributed by atoms with Crippen molar-refractivity contribution in [1.82, 2.24) is 4.90 Å². The van der Waals surface area contributed by atoms with Gasteiger partial charge < -0.3 is 10.0 Å². The minimum atomic E-state index is -0.981. The normalized spacial score (nSPS) is 8.47. The number of hydrogen-bond donors (Lipinski definition) is 1. The molecule has 0 aromatic carbocycles. The third kappa shape index (κ3) is 11.4. The maximum atomic E-state index is 9.25. The Morgan fingerprint density at radius 3 is 2.07 bits per heavy atom. The van der Waals surface area contributed by atoms with Gasteiger partial charge in [-0.25, -0.2) is 4.79 Å². The van der Waals surface area contributed by atoms with E-state index in [2.05, 4.69) is 32.3 Å². The highest BCUT2D eigenvalue weighted by atomic mass is 32.2. The number of aliphatic carboxylic acids is 1.